The molecule has 1 aromatic heterocycles. The number of hydrogen-bond donors (Lipinski definition) is 1. The Morgan fingerprint density at radius 3 is 2.48 bits per heavy atom. The zero-order valence-electron chi connectivity index (χ0n) is 15.0. The van der Waals surface area contributed by atoms with Gasteiger partial charge in [-0.1, -0.05) is 17.7 Å². The smallest absolute Gasteiger partial charge is 0.261 e. The van der Waals surface area contributed by atoms with Crippen LogP contribution in [0.25, 0.3) is 10.9 Å². The second kappa shape index (κ2) is 6.55. The number of nitrogens with one attached hydrogen (secondary N) is 1. The van der Waals surface area contributed by atoms with Crippen molar-refractivity contribution in [3.8, 4) is 0 Å². The third-order valence-corrected chi connectivity index (χ3v) is 4.59. The highest BCUT2D eigenvalue weighted by atomic mass is 16.2. The molecule has 0 aliphatic heterocycles. The molecule has 3 rings (SSSR count). The molecular weight excluding hydrogens is 312 g/mol. The van der Waals surface area contributed by atoms with Crippen molar-refractivity contribution in [3.63, 3.8) is 0 Å². The summed E-state index contributed by atoms with van der Waals surface area (Å²) >= 11 is 0. The average Bonchev–Trinajstić information content (AvgIpc) is 2.59. The molecule has 0 saturated heterocycles. The van der Waals surface area contributed by atoms with Crippen LogP contribution in [-0.2, 0) is 6.54 Å². The molecule has 0 spiro atoms. The highest BCUT2D eigenvalue weighted by Crippen LogP contribution is 2.17. The minimum Gasteiger partial charge on any atom is -0.347 e. The first-order valence-corrected chi connectivity index (χ1v) is 8.43. The van der Waals surface area contributed by atoms with Crippen LogP contribution in [0.5, 0.6) is 0 Å². The molecule has 0 atom stereocenters. The summed E-state index contributed by atoms with van der Waals surface area (Å²) < 4.78 is 1.94. The van der Waals surface area contributed by atoms with Gasteiger partial charge in [-0.25, -0.2) is 0 Å². The molecular formula is C21H22N2O2. The number of amides is 1. The van der Waals surface area contributed by atoms with Crippen molar-refractivity contribution in [2.45, 2.75) is 34.2 Å². The summed E-state index contributed by atoms with van der Waals surface area (Å²) in [6.45, 7) is 8.63. The lowest BCUT2D eigenvalue weighted by Crippen LogP contribution is -2.24. The highest BCUT2D eigenvalue weighted by molar-refractivity contribution is 6.05. The number of carbonyl (C=O) groups is 1. The van der Waals surface area contributed by atoms with Gasteiger partial charge >= 0.3 is 0 Å². The van der Waals surface area contributed by atoms with Crippen LogP contribution in [0.15, 0.2) is 47.4 Å². The van der Waals surface area contributed by atoms with Gasteiger partial charge in [0.05, 0.1) is 5.52 Å². The molecule has 1 N–H and O–H groups in total. The fourth-order valence-corrected chi connectivity index (χ4v) is 2.95. The van der Waals surface area contributed by atoms with Crippen LogP contribution in [0.1, 0.15) is 34.0 Å². The van der Waals surface area contributed by atoms with E-state index in [4.69, 9.17) is 0 Å². The summed E-state index contributed by atoms with van der Waals surface area (Å²) in [5, 5.41) is 3.42. The highest BCUT2D eigenvalue weighted by Gasteiger charge is 2.15. The van der Waals surface area contributed by atoms with E-state index in [2.05, 4.69) is 5.32 Å². The molecule has 0 saturated carbocycles. The van der Waals surface area contributed by atoms with Crippen molar-refractivity contribution < 1.29 is 4.79 Å². The molecule has 128 valence electrons. The van der Waals surface area contributed by atoms with Gasteiger partial charge in [0.1, 0.15) is 5.56 Å². The van der Waals surface area contributed by atoms with Gasteiger partial charge in [0.15, 0.2) is 0 Å². The molecule has 0 unspecified atom stereocenters. The summed E-state index contributed by atoms with van der Waals surface area (Å²) in [5.41, 5.74) is 4.73. The van der Waals surface area contributed by atoms with Crippen LogP contribution >= 0.6 is 0 Å². The quantitative estimate of drug-likeness (QED) is 0.780. The number of pyridine rings is 1. The Bertz CT molecular complexity index is 1030. The largest absolute Gasteiger partial charge is 0.347 e. The van der Waals surface area contributed by atoms with Gasteiger partial charge in [0.2, 0.25) is 5.43 Å². The van der Waals surface area contributed by atoms with Crippen LogP contribution in [0.3, 0.4) is 0 Å². The van der Waals surface area contributed by atoms with Gasteiger partial charge in [-0.3, -0.25) is 9.59 Å². The van der Waals surface area contributed by atoms with Crippen LogP contribution in [-0.4, -0.2) is 10.5 Å². The summed E-state index contributed by atoms with van der Waals surface area (Å²) in [6, 6.07) is 11.5. The van der Waals surface area contributed by atoms with E-state index < -0.39 is 0 Å². The maximum Gasteiger partial charge on any atom is 0.261 e. The molecule has 0 radical (unpaired) electrons. The summed E-state index contributed by atoms with van der Waals surface area (Å²) in [6.07, 6.45) is 1.65. The predicted octanol–water partition coefficient (Wildman–Crippen LogP) is 4.20. The van der Waals surface area contributed by atoms with Gasteiger partial charge in [0.25, 0.3) is 5.91 Å². The second-order valence-corrected chi connectivity index (χ2v) is 6.43. The van der Waals surface area contributed by atoms with E-state index in [1.807, 2.05) is 68.7 Å². The molecule has 1 heterocycles. The van der Waals surface area contributed by atoms with E-state index in [9.17, 15) is 9.59 Å². The van der Waals surface area contributed by atoms with Crippen LogP contribution in [0.2, 0.25) is 0 Å². The predicted molar refractivity (Wildman–Crippen MR) is 102 cm³/mol. The van der Waals surface area contributed by atoms with Crippen LogP contribution in [0, 0.1) is 20.8 Å². The molecule has 4 heteroatoms. The number of aryl methyl sites for hydroxylation is 4. The molecule has 4 nitrogen and oxygen atoms in total. The maximum absolute atomic E-state index is 12.8. The molecule has 0 aliphatic rings. The SMILES string of the molecule is CCn1cc(C(=O)Nc2ccc(C)c(C)c2)c(=O)c2cc(C)ccc21. The van der Waals surface area contributed by atoms with Crippen LogP contribution in [0.4, 0.5) is 5.69 Å². The molecule has 0 fully saturated rings. The number of hydrogen-bond acceptors (Lipinski definition) is 2. The lowest BCUT2D eigenvalue weighted by Gasteiger charge is -2.13. The zero-order valence-corrected chi connectivity index (χ0v) is 15.0. The number of rotatable bonds is 3. The van der Waals surface area contributed by atoms with Crippen molar-refractivity contribution in [3.05, 3.63) is 75.1 Å². The molecule has 3 aromatic rings. The van der Waals surface area contributed by atoms with Crippen LogP contribution < -0.4 is 10.7 Å². The number of nitrogens with zero attached hydrogens (tertiary/aromatic N) is 1. The van der Waals surface area contributed by atoms with Crippen molar-refractivity contribution in [1.29, 1.82) is 0 Å². The first-order valence-electron chi connectivity index (χ1n) is 8.43. The minimum absolute atomic E-state index is 0.165. The minimum atomic E-state index is -0.376. The van der Waals surface area contributed by atoms with E-state index >= 15 is 0 Å². The number of anilines is 1. The lowest BCUT2D eigenvalue weighted by atomic mass is 10.1. The van der Waals surface area contributed by atoms with E-state index in [1.165, 1.54) is 0 Å². The van der Waals surface area contributed by atoms with Gasteiger partial charge in [-0.15, -0.1) is 0 Å². The number of benzene rings is 2. The molecule has 1 amide bonds. The first kappa shape index (κ1) is 17.0. The number of aromatic nitrogens is 1. The van der Waals surface area contributed by atoms with Gasteiger partial charge in [-0.2, -0.15) is 0 Å². The molecule has 2 aromatic carbocycles. The van der Waals surface area contributed by atoms with E-state index in [1.54, 1.807) is 6.20 Å². The Hall–Kier alpha value is -2.88. The Morgan fingerprint density at radius 2 is 1.80 bits per heavy atom. The first-order chi connectivity index (χ1) is 11.9. The Balaban J connectivity index is 2.08. The average molecular weight is 334 g/mol. The normalized spacial score (nSPS) is 10.9. The summed E-state index contributed by atoms with van der Waals surface area (Å²) in [5.74, 6) is -0.376. The van der Waals surface area contributed by atoms with E-state index in [0.29, 0.717) is 17.6 Å². The number of carbonyl (C=O) groups excluding carboxylic acids is 1. The summed E-state index contributed by atoms with van der Waals surface area (Å²) in [7, 11) is 0. The monoisotopic (exact) mass is 334 g/mol. The van der Waals surface area contributed by atoms with Crippen molar-refractivity contribution in [2.75, 3.05) is 5.32 Å². The zero-order chi connectivity index (χ0) is 18.1. The topological polar surface area (TPSA) is 51.1 Å². The third-order valence-electron chi connectivity index (χ3n) is 4.59. The Kier molecular flexibility index (Phi) is 4.45. The second-order valence-electron chi connectivity index (χ2n) is 6.43. The Morgan fingerprint density at radius 1 is 1.04 bits per heavy atom. The van der Waals surface area contributed by atoms with E-state index in [-0.39, 0.29) is 16.9 Å². The van der Waals surface area contributed by atoms with Crippen molar-refractivity contribution in [1.82, 2.24) is 4.57 Å². The van der Waals surface area contributed by atoms with Crippen molar-refractivity contribution in [2.24, 2.45) is 0 Å². The fraction of sp³-hybridized carbons (Fsp3) is 0.238. The Labute approximate surface area is 147 Å². The lowest BCUT2D eigenvalue weighted by molar-refractivity contribution is 0.102. The van der Waals surface area contributed by atoms with E-state index in [0.717, 1.165) is 22.2 Å². The molecule has 0 bridgehead atoms. The molecule has 25 heavy (non-hydrogen) atoms. The summed E-state index contributed by atoms with van der Waals surface area (Å²) in [4.78, 5) is 25.5. The maximum atomic E-state index is 12.8. The fourth-order valence-electron chi connectivity index (χ4n) is 2.95. The van der Waals surface area contributed by atoms with Gasteiger partial charge in [0, 0.05) is 23.8 Å². The van der Waals surface area contributed by atoms with Gasteiger partial charge in [-0.05, 0) is 63.1 Å². The van der Waals surface area contributed by atoms with Gasteiger partial charge < -0.3 is 9.88 Å². The van der Waals surface area contributed by atoms with Crippen molar-refractivity contribution >= 4 is 22.5 Å². The number of fused-ring (bicyclic) bond motifs is 1. The molecule has 0 aliphatic carbocycles. The standard InChI is InChI=1S/C21H22N2O2/c1-5-23-12-18(20(24)17-10-13(2)6-9-19(17)23)21(25)22-16-8-7-14(3)15(4)11-16/h6-12H,5H2,1-4H3,(H,22,25). The third kappa shape index (κ3) is 3.20.